The molecule has 0 fully saturated rings. The van der Waals surface area contributed by atoms with E-state index in [2.05, 4.69) is 254 Å². The molecule has 0 spiro atoms. The molecule has 0 radical (unpaired) electrons. The summed E-state index contributed by atoms with van der Waals surface area (Å²) in [5.74, 6) is 1.04. The van der Waals surface area contributed by atoms with Crippen molar-refractivity contribution in [3.05, 3.63) is 193 Å². The molecule has 0 unspecified atom stereocenters. The molecule has 412 valence electrons. The summed E-state index contributed by atoms with van der Waals surface area (Å²) in [5.41, 5.74) is 17.8. The van der Waals surface area contributed by atoms with Gasteiger partial charge < -0.3 is 4.42 Å². The van der Waals surface area contributed by atoms with Crippen LogP contribution in [0.3, 0.4) is 0 Å². The molecule has 0 saturated heterocycles. The number of nitrogens with zero attached hydrogens (tertiary/aromatic N) is 5. The summed E-state index contributed by atoms with van der Waals surface area (Å²) in [5, 5.41) is 2.13. The lowest BCUT2D eigenvalue weighted by atomic mass is 9.77. The van der Waals surface area contributed by atoms with E-state index in [1.165, 1.54) is 60.5 Å². The molecule has 0 bridgehead atoms. The molecule has 6 aromatic heterocycles. The maximum atomic E-state index is 5.20. The monoisotopic (exact) mass is 1040 g/mol. The molecular formula is C68H103N5OS. The second kappa shape index (κ2) is 28.7. The van der Waals surface area contributed by atoms with Crippen molar-refractivity contribution in [1.82, 2.24) is 24.9 Å². The second-order valence-electron chi connectivity index (χ2n) is 26.9. The standard InChI is InChI=1S/C15H24.C11H17N.2C9H13N.C8H12N2.C8H12O.C8H12S/c1-9-10(2)12(4)14(15(6,7)8)13(5)11(9)3;1-8-6-10(11(3,4)5)7-12-9(8)2;1-9(2,3)8-4-6-10-7-5-8;1-9(2,3)8-5-4-6-10-7-8;1-8(2,3)7-6-9-4-5-10-7;2*1-8(2,3)7-5-4-6-9-7/h1-8H3;6-7H,1-5H3;2*4-7H,1-3H3;4-6H,1-3H3;2*4-6H,1-3H3. The number of hydrogen-bond acceptors (Lipinski definition) is 7. The molecule has 7 heteroatoms. The average Bonchev–Trinajstić information content (AvgIpc) is 4.07. The van der Waals surface area contributed by atoms with Gasteiger partial charge in [-0.3, -0.25) is 24.9 Å². The SMILES string of the molecule is CC(C)(C)c1cccnc1.CC(C)(C)c1ccco1.CC(C)(C)c1cccs1.CC(C)(C)c1ccncc1.CC(C)(C)c1cnccn1.Cc1c(C)c(C)c(C(C)(C)C)c(C)c1C.Cc1cc(C(C)(C)C)cnc1C. The molecule has 7 rings (SSSR count). The van der Waals surface area contributed by atoms with E-state index in [-0.39, 0.29) is 32.5 Å². The first-order valence-electron chi connectivity index (χ1n) is 26.8. The summed E-state index contributed by atoms with van der Waals surface area (Å²) >= 11 is 1.83. The fourth-order valence-corrected chi connectivity index (χ4v) is 8.25. The van der Waals surface area contributed by atoms with Gasteiger partial charge in [-0.2, -0.15) is 0 Å². The predicted octanol–water partition coefficient (Wildman–Crippen LogP) is 19.7. The number of benzene rings is 1. The third-order valence-electron chi connectivity index (χ3n) is 12.9. The van der Waals surface area contributed by atoms with Gasteiger partial charge in [-0.1, -0.05) is 164 Å². The maximum Gasteiger partial charge on any atom is 0.109 e. The van der Waals surface area contributed by atoms with E-state index in [4.69, 9.17) is 4.42 Å². The van der Waals surface area contributed by atoms with Crippen LogP contribution in [0.15, 0.2) is 120 Å². The van der Waals surface area contributed by atoms with Crippen LogP contribution >= 0.6 is 11.3 Å². The molecular weight excluding hydrogens is 935 g/mol. The van der Waals surface area contributed by atoms with Gasteiger partial charge in [0.25, 0.3) is 0 Å². The van der Waals surface area contributed by atoms with Gasteiger partial charge in [-0.05, 0) is 173 Å². The zero-order valence-corrected chi connectivity index (χ0v) is 53.3. The van der Waals surface area contributed by atoms with Crippen LogP contribution in [0.25, 0.3) is 0 Å². The van der Waals surface area contributed by atoms with Crippen LogP contribution in [0.4, 0.5) is 0 Å². The van der Waals surface area contributed by atoms with Crippen LogP contribution in [0.5, 0.6) is 0 Å². The first kappa shape index (κ1) is 67.7. The van der Waals surface area contributed by atoms with Crippen molar-refractivity contribution in [1.29, 1.82) is 0 Å². The van der Waals surface area contributed by atoms with Gasteiger partial charge in [0.05, 0.1) is 12.0 Å². The summed E-state index contributed by atoms with van der Waals surface area (Å²) in [6.45, 7) is 61.5. The number of pyridine rings is 3. The molecule has 1 aromatic carbocycles. The number of aromatic nitrogens is 5. The van der Waals surface area contributed by atoms with Gasteiger partial charge in [0.1, 0.15) is 5.76 Å². The summed E-state index contributed by atoms with van der Waals surface area (Å²) in [4.78, 5) is 22.0. The first-order chi connectivity index (χ1) is 34.1. The molecule has 0 amide bonds. The van der Waals surface area contributed by atoms with Crippen LogP contribution in [0, 0.1) is 48.5 Å². The molecule has 0 aliphatic carbocycles. The Bertz CT molecular complexity index is 2460. The largest absolute Gasteiger partial charge is 0.469 e. The fraction of sp³-hybridized carbons (Fsp3) is 0.515. The van der Waals surface area contributed by atoms with Gasteiger partial charge >= 0.3 is 0 Å². The Morgan fingerprint density at radius 1 is 0.387 bits per heavy atom. The maximum absolute atomic E-state index is 5.20. The molecule has 0 saturated carbocycles. The van der Waals surface area contributed by atoms with E-state index in [1.54, 1.807) is 31.1 Å². The van der Waals surface area contributed by atoms with Crippen molar-refractivity contribution < 1.29 is 4.42 Å². The van der Waals surface area contributed by atoms with Crippen molar-refractivity contribution in [2.24, 2.45) is 0 Å². The van der Waals surface area contributed by atoms with E-state index in [0.717, 1.165) is 17.1 Å². The minimum Gasteiger partial charge on any atom is -0.469 e. The third-order valence-corrected chi connectivity index (χ3v) is 14.2. The average molecular weight is 1040 g/mol. The summed E-state index contributed by atoms with van der Waals surface area (Å²) in [6, 6.07) is 18.6. The Labute approximate surface area is 463 Å². The van der Waals surface area contributed by atoms with Gasteiger partial charge in [-0.25, -0.2) is 0 Å². The molecule has 0 N–H and O–H groups in total. The Morgan fingerprint density at radius 2 is 0.907 bits per heavy atom. The van der Waals surface area contributed by atoms with E-state index in [0.29, 0.717) is 5.41 Å². The summed E-state index contributed by atoms with van der Waals surface area (Å²) < 4.78 is 5.20. The van der Waals surface area contributed by atoms with Gasteiger partial charge in [0.2, 0.25) is 0 Å². The summed E-state index contributed by atoms with van der Waals surface area (Å²) in [7, 11) is 0. The Hall–Kier alpha value is -5.27. The highest BCUT2D eigenvalue weighted by molar-refractivity contribution is 7.10. The molecule has 0 aliphatic rings. The quantitative estimate of drug-likeness (QED) is 0.151. The van der Waals surface area contributed by atoms with Crippen molar-refractivity contribution >= 4 is 11.3 Å². The van der Waals surface area contributed by atoms with E-state index in [1.807, 2.05) is 61.2 Å². The first-order valence-corrected chi connectivity index (χ1v) is 27.7. The van der Waals surface area contributed by atoms with Gasteiger partial charge in [0, 0.05) is 71.0 Å². The zero-order valence-electron chi connectivity index (χ0n) is 52.5. The minimum atomic E-state index is 0.119. The molecule has 0 aliphatic heterocycles. The molecule has 7 aromatic rings. The number of furan rings is 1. The predicted molar refractivity (Wildman–Crippen MR) is 328 cm³/mol. The Morgan fingerprint density at radius 3 is 1.20 bits per heavy atom. The van der Waals surface area contributed by atoms with E-state index in [9.17, 15) is 0 Å². The normalized spacial score (nSPS) is 11.7. The smallest absolute Gasteiger partial charge is 0.109 e. The van der Waals surface area contributed by atoms with E-state index >= 15 is 0 Å². The third kappa shape index (κ3) is 24.5. The van der Waals surface area contributed by atoms with Crippen molar-refractivity contribution in [2.45, 2.75) is 232 Å². The lowest BCUT2D eigenvalue weighted by molar-refractivity contribution is 0.409. The number of rotatable bonds is 0. The molecule has 6 heterocycles. The highest BCUT2D eigenvalue weighted by Gasteiger charge is 2.23. The van der Waals surface area contributed by atoms with Gasteiger partial charge in [-0.15, -0.1) is 11.3 Å². The van der Waals surface area contributed by atoms with Crippen LogP contribution in [0.1, 0.15) is 223 Å². The lowest BCUT2D eigenvalue weighted by Gasteiger charge is -2.28. The van der Waals surface area contributed by atoms with Crippen LogP contribution in [0.2, 0.25) is 0 Å². The molecule has 0 atom stereocenters. The van der Waals surface area contributed by atoms with Crippen LogP contribution in [-0.2, 0) is 37.9 Å². The van der Waals surface area contributed by atoms with Crippen LogP contribution in [-0.4, -0.2) is 24.9 Å². The highest BCUT2D eigenvalue weighted by atomic mass is 32.1. The lowest BCUT2D eigenvalue weighted by Crippen LogP contribution is -2.17. The van der Waals surface area contributed by atoms with Crippen molar-refractivity contribution in [3.63, 3.8) is 0 Å². The number of thiophene rings is 1. The Balaban J connectivity index is 0.000000441. The minimum absolute atomic E-state index is 0.119. The topological polar surface area (TPSA) is 77.6 Å². The number of aryl methyl sites for hydroxylation is 2. The fourth-order valence-electron chi connectivity index (χ4n) is 7.43. The van der Waals surface area contributed by atoms with Crippen molar-refractivity contribution in [2.75, 3.05) is 0 Å². The highest BCUT2D eigenvalue weighted by Crippen LogP contribution is 2.35. The second-order valence-corrected chi connectivity index (χ2v) is 27.8. The van der Waals surface area contributed by atoms with Gasteiger partial charge in [0.15, 0.2) is 0 Å². The van der Waals surface area contributed by atoms with E-state index < -0.39 is 0 Å². The molecule has 6 nitrogen and oxygen atoms in total. The Kier molecular flexibility index (Phi) is 26.0. The molecule has 75 heavy (non-hydrogen) atoms. The zero-order chi connectivity index (χ0) is 58.0. The van der Waals surface area contributed by atoms with Crippen LogP contribution < -0.4 is 0 Å². The van der Waals surface area contributed by atoms with Crippen molar-refractivity contribution in [3.8, 4) is 0 Å². The number of hydrogen-bond donors (Lipinski definition) is 0. The summed E-state index contributed by atoms with van der Waals surface area (Å²) in [6.07, 6.45) is 16.3.